The Balaban J connectivity index is 1.53. The molecule has 5 aliphatic rings. The minimum atomic E-state index is -1.78. The number of aliphatic hydroxyl groups is 5. The Morgan fingerprint density at radius 1 is 0.947 bits per heavy atom. The average molecular weight is 537 g/mol. The number of hydrogen-bond acceptors (Lipinski definition) is 8. The minimum Gasteiger partial charge on any atom is -0.390 e. The molecule has 0 aromatic carbocycles. The van der Waals surface area contributed by atoms with Crippen LogP contribution in [0.1, 0.15) is 99.8 Å². The van der Waals surface area contributed by atoms with E-state index in [2.05, 4.69) is 13.8 Å². The molecule has 0 aromatic rings. The maximum atomic E-state index is 13.5. The predicted octanol–water partition coefficient (Wildman–Crippen LogP) is 2.77. The Kier molecular flexibility index (Phi) is 6.29. The molecule has 3 saturated carbocycles. The highest BCUT2D eigenvalue weighted by molar-refractivity contribution is 6.00. The van der Waals surface area contributed by atoms with Gasteiger partial charge in [-0.3, -0.25) is 4.79 Å². The van der Waals surface area contributed by atoms with Crippen LogP contribution in [0.2, 0.25) is 0 Å². The normalized spacial score (nSPS) is 52.3. The van der Waals surface area contributed by atoms with Crippen LogP contribution >= 0.6 is 0 Å². The Labute approximate surface area is 226 Å². The lowest BCUT2D eigenvalue weighted by Crippen LogP contribution is -2.69. The van der Waals surface area contributed by atoms with Crippen molar-refractivity contribution < 1.29 is 39.8 Å². The second-order valence-corrected chi connectivity index (χ2v) is 14.9. The Morgan fingerprint density at radius 2 is 1.58 bits per heavy atom. The van der Waals surface area contributed by atoms with Gasteiger partial charge in [-0.1, -0.05) is 13.8 Å². The van der Waals surface area contributed by atoms with Crippen molar-refractivity contribution in [3.63, 3.8) is 0 Å². The summed E-state index contributed by atoms with van der Waals surface area (Å²) < 4.78 is 13.1. The number of hydrogen-bond donors (Lipinski definition) is 5. The lowest BCUT2D eigenvalue weighted by atomic mass is 9.44. The van der Waals surface area contributed by atoms with E-state index in [4.69, 9.17) is 9.47 Å². The van der Waals surface area contributed by atoms with Gasteiger partial charge in [0.2, 0.25) is 0 Å². The number of rotatable bonds is 4. The van der Waals surface area contributed by atoms with Gasteiger partial charge in [-0.2, -0.15) is 0 Å². The molecular formula is C30H48O8. The molecule has 8 nitrogen and oxygen atoms in total. The van der Waals surface area contributed by atoms with Gasteiger partial charge in [0.1, 0.15) is 5.60 Å². The summed E-state index contributed by atoms with van der Waals surface area (Å²) in [6, 6.07) is 0. The van der Waals surface area contributed by atoms with Gasteiger partial charge in [0.05, 0.1) is 35.1 Å². The van der Waals surface area contributed by atoms with Gasteiger partial charge < -0.3 is 35.0 Å². The van der Waals surface area contributed by atoms with Crippen molar-refractivity contribution in [1.82, 2.24) is 0 Å². The Morgan fingerprint density at radius 3 is 2.21 bits per heavy atom. The molecule has 5 rings (SSSR count). The summed E-state index contributed by atoms with van der Waals surface area (Å²) >= 11 is 0. The molecule has 216 valence electrons. The van der Waals surface area contributed by atoms with Crippen LogP contribution in [0.5, 0.6) is 0 Å². The van der Waals surface area contributed by atoms with E-state index in [1.54, 1.807) is 13.8 Å². The molecule has 8 heteroatoms. The van der Waals surface area contributed by atoms with E-state index in [1.165, 1.54) is 6.08 Å². The number of fused-ring (bicyclic) bond motifs is 5. The van der Waals surface area contributed by atoms with Crippen LogP contribution in [0.3, 0.4) is 0 Å². The number of aliphatic hydroxyl groups excluding tert-OH is 2. The second-order valence-electron chi connectivity index (χ2n) is 14.9. The molecule has 4 fully saturated rings. The van der Waals surface area contributed by atoms with E-state index in [0.29, 0.717) is 44.1 Å². The van der Waals surface area contributed by atoms with Crippen molar-refractivity contribution in [1.29, 1.82) is 0 Å². The standard InChI is InChI=1S/C30H48O8/c1-24(2,34)11-10-23-28(7,38-25(3,4)37-23)21-9-13-29(35)18-14-22(33)30(36)16-20(32)19(31)15-27(30,6)17(18)8-12-26(21,29)5/h14,17,19-21,23,31-32,34-36H,8-13,15-16H2,1-7H3/t17-,19-,20+,21-,23+,26+,27+,28+,29+,30+/m0/s1. The van der Waals surface area contributed by atoms with Crippen LogP contribution in [-0.4, -0.2) is 77.8 Å². The van der Waals surface area contributed by atoms with Gasteiger partial charge in [-0.25, -0.2) is 0 Å². The summed E-state index contributed by atoms with van der Waals surface area (Å²) in [7, 11) is 0. The Hall–Kier alpha value is -0.870. The maximum absolute atomic E-state index is 13.5. The number of ketones is 1. The highest BCUT2D eigenvalue weighted by Gasteiger charge is 2.73. The minimum absolute atomic E-state index is 0.0714. The summed E-state index contributed by atoms with van der Waals surface area (Å²) in [4.78, 5) is 13.5. The van der Waals surface area contributed by atoms with Gasteiger partial charge in [0, 0.05) is 17.3 Å². The van der Waals surface area contributed by atoms with Gasteiger partial charge in [0.15, 0.2) is 11.6 Å². The summed E-state index contributed by atoms with van der Waals surface area (Å²) in [5, 5.41) is 55.5. The molecular weight excluding hydrogens is 488 g/mol. The molecule has 0 aromatic heterocycles. The third-order valence-corrected chi connectivity index (χ3v) is 11.5. The van der Waals surface area contributed by atoms with Gasteiger partial charge in [0.25, 0.3) is 0 Å². The molecule has 10 atom stereocenters. The predicted molar refractivity (Wildman–Crippen MR) is 140 cm³/mol. The van der Waals surface area contributed by atoms with Crippen LogP contribution < -0.4 is 0 Å². The van der Waals surface area contributed by atoms with Crippen molar-refractivity contribution in [2.75, 3.05) is 0 Å². The molecule has 38 heavy (non-hydrogen) atoms. The van der Waals surface area contributed by atoms with E-state index in [-0.39, 0.29) is 30.8 Å². The second kappa shape index (κ2) is 8.34. The van der Waals surface area contributed by atoms with E-state index in [1.807, 2.05) is 20.8 Å². The van der Waals surface area contributed by atoms with Crippen LogP contribution in [-0.2, 0) is 14.3 Å². The summed E-state index contributed by atoms with van der Waals surface area (Å²) in [6.45, 7) is 13.4. The average Bonchev–Trinajstić information content (AvgIpc) is 3.19. The number of ether oxygens (including phenoxy) is 2. The fraction of sp³-hybridized carbons (Fsp3) is 0.900. The van der Waals surface area contributed by atoms with E-state index >= 15 is 0 Å². The highest BCUT2D eigenvalue weighted by Crippen LogP contribution is 2.70. The van der Waals surface area contributed by atoms with Crippen molar-refractivity contribution in [2.24, 2.45) is 22.7 Å². The fourth-order valence-electron chi connectivity index (χ4n) is 9.48. The van der Waals surface area contributed by atoms with Crippen LogP contribution in [0, 0.1) is 22.7 Å². The molecule has 1 saturated heterocycles. The molecule has 0 amide bonds. The molecule has 5 N–H and O–H groups in total. The lowest BCUT2D eigenvalue weighted by Gasteiger charge is -2.62. The topological polar surface area (TPSA) is 137 Å². The smallest absolute Gasteiger partial charge is 0.187 e. The molecule has 0 radical (unpaired) electrons. The third-order valence-electron chi connectivity index (χ3n) is 11.5. The maximum Gasteiger partial charge on any atom is 0.187 e. The van der Waals surface area contributed by atoms with E-state index in [9.17, 15) is 30.3 Å². The first-order valence-corrected chi connectivity index (χ1v) is 14.4. The van der Waals surface area contributed by atoms with Crippen LogP contribution in [0.4, 0.5) is 0 Å². The molecule has 4 aliphatic carbocycles. The fourth-order valence-corrected chi connectivity index (χ4v) is 9.48. The first kappa shape index (κ1) is 28.7. The van der Waals surface area contributed by atoms with Gasteiger partial charge in [-0.05, 0) is 103 Å². The van der Waals surface area contributed by atoms with Gasteiger partial charge in [-0.15, -0.1) is 0 Å². The zero-order valence-electron chi connectivity index (χ0n) is 24.1. The lowest BCUT2D eigenvalue weighted by molar-refractivity contribution is -0.213. The Bertz CT molecular complexity index is 1030. The first-order chi connectivity index (χ1) is 17.2. The van der Waals surface area contributed by atoms with Crippen molar-refractivity contribution in [3.8, 4) is 0 Å². The van der Waals surface area contributed by atoms with Crippen molar-refractivity contribution in [2.45, 2.75) is 146 Å². The SMILES string of the molecule is CC(C)(O)CC[C@H]1OC(C)(C)O[C@]1(C)[C@H]1CC[C@@]2(O)C3=CC(=O)[C@]4(O)C[C@@H](O)[C@@H](O)C[C@]4(C)[C@H]3CC[C@]12C. The molecule has 0 unspecified atom stereocenters. The zero-order chi connectivity index (χ0) is 28.3. The molecule has 1 heterocycles. The van der Waals surface area contributed by atoms with E-state index < -0.39 is 57.0 Å². The summed E-state index contributed by atoms with van der Waals surface area (Å²) in [5.41, 5.74) is -5.55. The van der Waals surface area contributed by atoms with Crippen molar-refractivity contribution >= 4 is 5.78 Å². The van der Waals surface area contributed by atoms with Crippen molar-refractivity contribution in [3.05, 3.63) is 11.6 Å². The number of carbonyl (C=O) groups is 1. The number of carbonyl (C=O) groups excluding carboxylic acids is 1. The van der Waals surface area contributed by atoms with Crippen LogP contribution in [0.15, 0.2) is 11.6 Å². The highest BCUT2D eigenvalue weighted by atomic mass is 16.8. The van der Waals surface area contributed by atoms with Crippen LogP contribution in [0.25, 0.3) is 0 Å². The summed E-state index contributed by atoms with van der Waals surface area (Å²) in [5.74, 6) is -1.66. The largest absolute Gasteiger partial charge is 0.390 e. The molecule has 0 bridgehead atoms. The van der Waals surface area contributed by atoms with E-state index in [0.717, 1.165) is 0 Å². The third kappa shape index (κ3) is 3.77. The monoisotopic (exact) mass is 536 g/mol. The first-order valence-electron chi connectivity index (χ1n) is 14.4. The zero-order valence-corrected chi connectivity index (χ0v) is 24.1. The summed E-state index contributed by atoms with van der Waals surface area (Å²) in [6.07, 6.45) is 2.49. The molecule has 0 spiro atoms. The van der Waals surface area contributed by atoms with Gasteiger partial charge >= 0.3 is 0 Å². The quantitative estimate of drug-likeness (QED) is 0.370. The molecule has 1 aliphatic heterocycles.